The van der Waals surface area contributed by atoms with Gasteiger partial charge in [0.05, 0.1) is 18.2 Å². The van der Waals surface area contributed by atoms with E-state index in [1.54, 1.807) is 18.2 Å². The molecule has 0 radical (unpaired) electrons. The Morgan fingerprint density at radius 3 is 2.50 bits per heavy atom. The number of halogens is 1. The first-order valence-corrected chi connectivity index (χ1v) is 9.01. The first-order chi connectivity index (χ1) is 13.7. The molecule has 3 aromatic rings. The van der Waals surface area contributed by atoms with Crippen molar-refractivity contribution in [1.29, 1.82) is 5.26 Å². The summed E-state index contributed by atoms with van der Waals surface area (Å²) in [4.78, 5) is 0. The number of hydrogen-bond donors (Lipinski definition) is 0. The van der Waals surface area contributed by atoms with Gasteiger partial charge in [-0.2, -0.15) is 5.26 Å². The summed E-state index contributed by atoms with van der Waals surface area (Å²) in [6.07, 6.45) is 1.71. The van der Waals surface area contributed by atoms with Gasteiger partial charge in [-0.05, 0) is 54.0 Å². The number of hydrogen-bond acceptors (Lipinski definition) is 3. The molecule has 28 heavy (non-hydrogen) atoms. The van der Waals surface area contributed by atoms with E-state index in [0.29, 0.717) is 35.8 Å². The van der Waals surface area contributed by atoms with Gasteiger partial charge < -0.3 is 9.47 Å². The summed E-state index contributed by atoms with van der Waals surface area (Å²) in [7, 11) is 0. The normalized spacial score (nSPS) is 11.0. The van der Waals surface area contributed by atoms with Gasteiger partial charge in [0.15, 0.2) is 11.5 Å². The summed E-state index contributed by atoms with van der Waals surface area (Å²) in [5.41, 5.74) is 2.74. The first-order valence-electron chi connectivity index (χ1n) is 9.01. The Labute approximate surface area is 164 Å². The Balaban J connectivity index is 1.86. The molecule has 0 unspecified atom stereocenters. The maximum absolute atomic E-state index is 13.5. The number of ether oxygens (including phenoxy) is 2. The van der Waals surface area contributed by atoms with Crippen LogP contribution in [0, 0.1) is 17.1 Å². The SMILES string of the molecule is CCOc1cc(/C=C(/C#N)c2cccc(F)c2)ccc1OCc1ccccc1. The maximum atomic E-state index is 13.5. The van der Waals surface area contributed by atoms with Crippen LogP contribution >= 0.6 is 0 Å². The Kier molecular flexibility index (Phi) is 6.43. The molecule has 0 aliphatic rings. The van der Waals surface area contributed by atoms with Crippen molar-refractivity contribution in [3.63, 3.8) is 0 Å². The lowest BCUT2D eigenvalue weighted by atomic mass is 10.0. The van der Waals surface area contributed by atoms with E-state index in [4.69, 9.17) is 9.47 Å². The zero-order valence-electron chi connectivity index (χ0n) is 15.6. The third-order valence-corrected chi connectivity index (χ3v) is 4.07. The molecule has 0 bridgehead atoms. The fourth-order valence-electron chi connectivity index (χ4n) is 2.74. The summed E-state index contributed by atoms with van der Waals surface area (Å²) in [6, 6.07) is 23.5. The van der Waals surface area contributed by atoms with Crippen LogP contribution in [0.3, 0.4) is 0 Å². The van der Waals surface area contributed by atoms with Gasteiger partial charge in [0.2, 0.25) is 0 Å². The molecule has 3 nitrogen and oxygen atoms in total. The van der Waals surface area contributed by atoms with Gasteiger partial charge in [-0.25, -0.2) is 4.39 Å². The largest absolute Gasteiger partial charge is 0.490 e. The predicted octanol–water partition coefficient (Wildman–Crippen LogP) is 5.87. The lowest BCUT2D eigenvalue weighted by Crippen LogP contribution is -2.00. The van der Waals surface area contributed by atoms with Crippen molar-refractivity contribution in [3.8, 4) is 17.6 Å². The van der Waals surface area contributed by atoms with Crippen LogP contribution in [-0.2, 0) is 6.61 Å². The van der Waals surface area contributed by atoms with Crippen LogP contribution in [0.1, 0.15) is 23.6 Å². The molecule has 140 valence electrons. The molecule has 0 N–H and O–H groups in total. The minimum absolute atomic E-state index is 0.375. The molecular weight excluding hydrogens is 353 g/mol. The highest BCUT2D eigenvalue weighted by molar-refractivity contribution is 5.89. The molecule has 4 heteroatoms. The number of rotatable bonds is 7. The summed E-state index contributed by atoms with van der Waals surface area (Å²) in [5.74, 6) is 0.856. The maximum Gasteiger partial charge on any atom is 0.161 e. The van der Waals surface area contributed by atoms with Crippen LogP contribution in [0.4, 0.5) is 4.39 Å². The smallest absolute Gasteiger partial charge is 0.161 e. The monoisotopic (exact) mass is 373 g/mol. The van der Waals surface area contributed by atoms with Crippen molar-refractivity contribution in [3.05, 3.63) is 95.3 Å². The molecule has 0 heterocycles. The van der Waals surface area contributed by atoms with E-state index in [2.05, 4.69) is 6.07 Å². The van der Waals surface area contributed by atoms with Crippen molar-refractivity contribution in [1.82, 2.24) is 0 Å². The van der Waals surface area contributed by atoms with Gasteiger partial charge in [-0.1, -0.05) is 48.5 Å². The van der Waals surface area contributed by atoms with E-state index in [0.717, 1.165) is 11.1 Å². The highest BCUT2D eigenvalue weighted by Gasteiger charge is 2.08. The second-order valence-electron chi connectivity index (χ2n) is 6.09. The Bertz CT molecular complexity index is 1010. The Morgan fingerprint density at radius 2 is 1.79 bits per heavy atom. The lowest BCUT2D eigenvalue weighted by molar-refractivity contribution is 0.269. The third kappa shape index (κ3) is 4.99. The molecule has 0 aliphatic carbocycles. The van der Waals surface area contributed by atoms with E-state index >= 15 is 0 Å². The molecule has 0 amide bonds. The standard InChI is InChI=1S/C24H20FNO2/c1-2-27-24-14-19(13-21(16-26)20-9-6-10-22(25)15-20)11-12-23(24)28-17-18-7-4-3-5-8-18/h3-15H,2,17H2,1H3/b21-13-. The molecule has 0 fully saturated rings. The molecule has 0 atom stereocenters. The molecule has 0 saturated heterocycles. The van der Waals surface area contributed by atoms with Gasteiger partial charge >= 0.3 is 0 Å². The highest BCUT2D eigenvalue weighted by atomic mass is 19.1. The summed E-state index contributed by atoms with van der Waals surface area (Å²) < 4.78 is 25.1. The van der Waals surface area contributed by atoms with Crippen molar-refractivity contribution >= 4 is 11.6 Å². The topological polar surface area (TPSA) is 42.2 Å². The molecule has 3 aromatic carbocycles. The van der Waals surface area contributed by atoms with E-state index in [-0.39, 0.29) is 5.82 Å². The van der Waals surface area contributed by atoms with Crippen LogP contribution < -0.4 is 9.47 Å². The van der Waals surface area contributed by atoms with Crippen molar-refractivity contribution < 1.29 is 13.9 Å². The summed E-state index contributed by atoms with van der Waals surface area (Å²) in [5, 5.41) is 9.47. The van der Waals surface area contributed by atoms with E-state index in [1.165, 1.54) is 12.1 Å². The number of nitrogens with zero attached hydrogens (tertiary/aromatic N) is 1. The quantitative estimate of drug-likeness (QED) is 0.384. The molecule has 0 saturated carbocycles. The van der Waals surface area contributed by atoms with Gasteiger partial charge in [-0.15, -0.1) is 0 Å². The van der Waals surface area contributed by atoms with E-state index < -0.39 is 0 Å². The Hall–Kier alpha value is -3.58. The fraction of sp³-hybridized carbons (Fsp3) is 0.125. The van der Waals surface area contributed by atoms with Gasteiger partial charge in [0, 0.05) is 0 Å². The average Bonchev–Trinajstić information content (AvgIpc) is 2.72. The van der Waals surface area contributed by atoms with Crippen LogP contribution in [0.5, 0.6) is 11.5 Å². The van der Waals surface area contributed by atoms with Gasteiger partial charge in [0.25, 0.3) is 0 Å². The zero-order valence-corrected chi connectivity index (χ0v) is 15.6. The average molecular weight is 373 g/mol. The Morgan fingerprint density at radius 1 is 0.964 bits per heavy atom. The number of benzene rings is 3. The molecule has 0 aromatic heterocycles. The van der Waals surface area contributed by atoms with E-state index in [1.807, 2.05) is 55.5 Å². The second-order valence-corrected chi connectivity index (χ2v) is 6.09. The zero-order chi connectivity index (χ0) is 19.8. The van der Waals surface area contributed by atoms with Crippen LogP contribution in [0.25, 0.3) is 11.6 Å². The van der Waals surface area contributed by atoms with Crippen LogP contribution in [0.15, 0.2) is 72.8 Å². The second kappa shape index (κ2) is 9.38. The predicted molar refractivity (Wildman–Crippen MR) is 108 cm³/mol. The van der Waals surface area contributed by atoms with Crippen LogP contribution in [-0.4, -0.2) is 6.61 Å². The molecule has 0 aliphatic heterocycles. The third-order valence-electron chi connectivity index (χ3n) is 4.07. The minimum Gasteiger partial charge on any atom is -0.490 e. The number of nitriles is 1. The lowest BCUT2D eigenvalue weighted by Gasteiger charge is -2.13. The van der Waals surface area contributed by atoms with E-state index in [9.17, 15) is 9.65 Å². The van der Waals surface area contributed by atoms with Crippen LogP contribution in [0.2, 0.25) is 0 Å². The molecule has 0 spiro atoms. The summed E-state index contributed by atoms with van der Waals surface area (Å²) >= 11 is 0. The first kappa shape index (κ1) is 19.2. The number of allylic oxidation sites excluding steroid dienone is 1. The fourth-order valence-corrected chi connectivity index (χ4v) is 2.74. The van der Waals surface area contributed by atoms with Gasteiger partial charge in [-0.3, -0.25) is 0 Å². The molecule has 3 rings (SSSR count). The summed E-state index contributed by atoms with van der Waals surface area (Å²) in [6.45, 7) is 2.82. The highest BCUT2D eigenvalue weighted by Crippen LogP contribution is 2.31. The van der Waals surface area contributed by atoms with Gasteiger partial charge in [0.1, 0.15) is 12.4 Å². The minimum atomic E-state index is -0.377. The van der Waals surface area contributed by atoms with Crippen molar-refractivity contribution in [2.75, 3.05) is 6.61 Å². The molecular formula is C24H20FNO2. The van der Waals surface area contributed by atoms with Crippen molar-refractivity contribution in [2.24, 2.45) is 0 Å². The van der Waals surface area contributed by atoms with Crippen molar-refractivity contribution in [2.45, 2.75) is 13.5 Å².